The van der Waals surface area contributed by atoms with Crippen molar-refractivity contribution in [2.24, 2.45) is 0 Å². The number of benzene rings is 2. The van der Waals surface area contributed by atoms with Crippen molar-refractivity contribution in [2.45, 2.75) is 25.3 Å². The van der Waals surface area contributed by atoms with E-state index < -0.39 is 0 Å². The monoisotopic (exact) mass is 480 g/mol. The average Bonchev–Trinajstić information content (AvgIpc) is 3.14. The standard InChI is InChI=1S/C22H21BrN6O2/c1-31-15-8-5-13(6-9-15)19-27-20-16-12-14(23)7-10-17(16)25-22(29(20)28-19)26-18-4-2-3-11-24-21(18)30/h5-10,12,18H,2-4,11H2,1H3,(H,24,30)(H,25,26)/t18-/m1/s1. The fraction of sp³-hybridized carbons (Fsp3) is 0.273. The lowest BCUT2D eigenvalue weighted by atomic mass is 10.1. The van der Waals surface area contributed by atoms with Crippen LogP contribution < -0.4 is 15.4 Å². The SMILES string of the molecule is COc1ccc(-c2nc3c4cc(Br)ccc4nc(N[C@@H]4CCCCNC4=O)n3n2)cc1. The van der Waals surface area contributed by atoms with E-state index in [0.29, 0.717) is 24.0 Å². The highest BCUT2D eigenvalue weighted by molar-refractivity contribution is 9.10. The molecule has 1 saturated heterocycles. The Balaban J connectivity index is 1.65. The van der Waals surface area contributed by atoms with E-state index in [1.807, 2.05) is 42.5 Å². The number of methoxy groups -OCH3 is 1. The lowest BCUT2D eigenvalue weighted by Crippen LogP contribution is -2.38. The third-order valence-corrected chi connectivity index (χ3v) is 5.91. The molecular formula is C22H21BrN6O2. The van der Waals surface area contributed by atoms with Crippen LogP contribution >= 0.6 is 15.9 Å². The number of fused-ring (bicyclic) bond motifs is 3. The molecule has 1 aliphatic heterocycles. The van der Waals surface area contributed by atoms with E-state index in [2.05, 4.69) is 26.6 Å². The zero-order valence-corrected chi connectivity index (χ0v) is 18.5. The second-order valence-electron chi connectivity index (χ2n) is 7.48. The fourth-order valence-electron chi connectivity index (χ4n) is 3.77. The number of nitrogens with zero attached hydrogens (tertiary/aromatic N) is 4. The van der Waals surface area contributed by atoms with Crippen molar-refractivity contribution in [1.29, 1.82) is 0 Å². The summed E-state index contributed by atoms with van der Waals surface area (Å²) in [5, 5.41) is 11.9. The van der Waals surface area contributed by atoms with E-state index >= 15 is 0 Å². The number of hydrogen-bond acceptors (Lipinski definition) is 6. The van der Waals surface area contributed by atoms with Gasteiger partial charge in [-0.3, -0.25) is 4.79 Å². The smallest absolute Gasteiger partial charge is 0.242 e. The van der Waals surface area contributed by atoms with E-state index in [1.54, 1.807) is 11.6 Å². The molecule has 2 aromatic carbocycles. The Labute approximate surface area is 187 Å². The predicted molar refractivity (Wildman–Crippen MR) is 122 cm³/mol. The molecule has 1 atom stereocenters. The van der Waals surface area contributed by atoms with Crippen LogP contribution in [-0.2, 0) is 4.79 Å². The van der Waals surface area contributed by atoms with Crippen LogP contribution in [0.2, 0.25) is 0 Å². The minimum Gasteiger partial charge on any atom is -0.497 e. The highest BCUT2D eigenvalue weighted by Crippen LogP contribution is 2.28. The number of amides is 1. The van der Waals surface area contributed by atoms with Gasteiger partial charge in [0.25, 0.3) is 0 Å². The van der Waals surface area contributed by atoms with Gasteiger partial charge in [0, 0.05) is 22.0 Å². The largest absolute Gasteiger partial charge is 0.497 e. The third kappa shape index (κ3) is 3.81. The Kier molecular flexibility index (Phi) is 5.19. The van der Waals surface area contributed by atoms with Crippen LogP contribution in [0, 0.1) is 0 Å². The van der Waals surface area contributed by atoms with Crippen LogP contribution in [0.5, 0.6) is 5.75 Å². The summed E-state index contributed by atoms with van der Waals surface area (Å²) in [5.41, 5.74) is 2.32. The van der Waals surface area contributed by atoms with Crippen molar-refractivity contribution >= 4 is 44.3 Å². The molecule has 0 spiro atoms. The maximum atomic E-state index is 12.5. The summed E-state index contributed by atoms with van der Waals surface area (Å²) in [7, 11) is 1.63. The number of rotatable bonds is 4. The number of carbonyl (C=O) groups is 1. The quantitative estimate of drug-likeness (QED) is 0.461. The Morgan fingerprint density at radius 3 is 2.81 bits per heavy atom. The molecule has 0 bridgehead atoms. The molecule has 2 N–H and O–H groups in total. The number of nitrogens with one attached hydrogen (secondary N) is 2. The fourth-order valence-corrected chi connectivity index (χ4v) is 4.13. The molecule has 8 nitrogen and oxygen atoms in total. The Hall–Kier alpha value is -3.20. The summed E-state index contributed by atoms with van der Waals surface area (Å²) in [5.74, 6) is 1.83. The number of ether oxygens (including phenoxy) is 1. The van der Waals surface area contributed by atoms with Crippen molar-refractivity contribution in [3.63, 3.8) is 0 Å². The Morgan fingerprint density at radius 2 is 2.00 bits per heavy atom. The van der Waals surface area contributed by atoms with Gasteiger partial charge in [-0.1, -0.05) is 15.9 Å². The molecule has 9 heteroatoms. The first-order valence-electron chi connectivity index (χ1n) is 10.2. The molecule has 3 heterocycles. The first-order chi connectivity index (χ1) is 15.1. The molecule has 0 radical (unpaired) electrons. The summed E-state index contributed by atoms with van der Waals surface area (Å²) in [6.07, 6.45) is 2.69. The summed E-state index contributed by atoms with van der Waals surface area (Å²) in [6, 6.07) is 13.1. The van der Waals surface area contributed by atoms with Crippen molar-refractivity contribution < 1.29 is 9.53 Å². The van der Waals surface area contributed by atoms with Gasteiger partial charge in [0.1, 0.15) is 11.8 Å². The van der Waals surface area contributed by atoms with Gasteiger partial charge < -0.3 is 15.4 Å². The maximum absolute atomic E-state index is 12.5. The zero-order valence-electron chi connectivity index (χ0n) is 16.9. The van der Waals surface area contributed by atoms with Gasteiger partial charge in [-0.2, -0.15) is 4.52 Å². The van der Waals surface area contributed by atoms with Gasteiger partial charge in [0.15, 0.2) is 11.5 Å². The van der Waals surface area contributed by atoms with E-state index in [9.17, 15) is 4.79 Å². The van der Waals surface area contributed by atoms with Gasteiger partial charge in [0.2, 0.25) is 11.9 Å². The lowest BCUT2D eigenvalue weighted by Gasteiger charge is -2.16. The molecule has 31 heavy (non-hydrogen) atoms. The first kappa shape index (κ1) is 19.7. The number of hydrogen-bond donors (Lipinski definition) is 2. The molecule has 5 rings (SSSR count). The van der Waals surface area contributed by atoms with Crippen LogP contribution in [0.4, 0.5) is 5.95 Å². The van der Waals surface area contributed by atoms with Gasteiger partial charge in [-0.15, -0.1) is 5.10 Å². The number of halogens is 1. The predicted octanol–water partition coefficient (Wildman–Crippen LogP) is 3.80. The summed E-state index contributed by atoms with van der Waals surface area (Å²) in [4.78, 5) is 22.1. The van der Waals surface area contributed by atoms with E-state index in [1.165, 1.54) is 0 Å². The maximum Gasteiger partial charge on any atom is 0.242 e. The van der Waals surface area contributed by atoms with Gasteiger partial charge in [-0.25, -0.2) is 9.97 Å². The number of carbonyl (C=O) groups excluding carboxylic acids is 1. The van der Waals surface area contributed by atoms with Crippen LogP contribution in [0.25, 0.3) is 27.9 Å². The minimum absolute atomic E-state index is 0.0150. The average molecular weight is 481 g/mol. The first-order valence-corrected chi connectivity index (χ1v) is 11.0. The highest BCUT2D eigenvalue weighted by Gasteiger charge is 2.23. The normalized spacial score (nSPS) is 16.8. The van der Waals surface area contributed by atoms with Crippen LogP contribution in [0.3, 0.4) is 0 Å². The second-order valence-corrected chi connectivity index (χ2v) is 8.40. The molecule has 1 aliphatic rings. The zero-order chi connectivity index (χ0) is 21.4. The van der Waals surface area contributed by atoms with Gasteiger partial charge >= 0.3 is 0 Å². The third-order valence-electron chi connectivity index (χ3n) is 5.42. The minimum atomic E-state index is -0.361. The molecule has 4 aromatic rings. The van der Waals surface area contributed by atoms with Crippen LogP contribution in [0.1, 0.15) is 19.3 Å². The molecule has 158 valence electrons. The summed E-state index contributed by atoms with van der Waals surface area (Å²) in [6.45, 7) is 0.705. The highest BCUT2D eigenvalue weighted by atomic mass is 79.9. The Bertz CT molecular complexity index is 1270. The van der Waals surface area contributed by atoms with E-state index in [-0.39, 0.29) is 11.9 Å². The summed E-state index contributed by atoms with van der Waals surface area (Å²) < 4.78 is 7.87. The molecule has 0 aliphatic carbocycles. The number of anilines is 1. The molecule has 0 unspecified atom stereocenters. The van der Waals surface area contributed by atoms with E-state index in [4.69, 9.17) is 19.8 Å². The van der Waals surface area contributed by atoms with Crippen molar-refractivity contribution in [3.05, 3.63) is 46.9 Å². The second kappa shape index (κ2) is 8.14. The van der Waals surface area contributed by atoms with Gasteiger partial charge in [-0.05, 0) is 61.7 Å². The summed E-state index contributed by atoms with van der Waals surface area (Å²) >= 11 is 3.53. The topological polar surface area (TPSA) is 93.4 Å². The lowest BCUT2D eigenvalue weighted by molar-refractivity contribution is -0.121. The van der Waals surface area contributed by atoms with Crippen LogP contribution in [0.15, 0.2) is 46.9 Å². The van der Waals surface area contributed by atoms with Crippen molar-refractivity contribution in [3.8, 4) is 17.1 Å². The molecular weight excluding hydrogens is 460 g/mol. The van der Waals surface area contributed by atoms with Gasteiger partial charge in [0.05, 0.1) is 12.6 Å². The van der Waals surface area contributed by atoms with Crippen molar-refractivity contribution in [2.75, 3.05) is 19.0 Å². The molecule has 0 saturated carbocycles. The van der Waals surface area contributed by atoms with E-state index in [0.717, 1.165) is 46.0 Å². The molecule has 1 amide bonds. The molecule has 2 aromatic heterocycles. The van der Waals surface area contributed by atoms with Crippen LogP contribution in [-0.4, -0.2) is 45.2 Å². The Morgan fingerprint density at radius 1 is 1.16 bits per heavy atom. The molecule has 1 fully saturated rings. The van der Waals surface area contributed by atoms with Crippen molar-refractivity contribution in [1.82, 2.24) is 24.9 Å². The number of aromatic nitrogens is 4.